The number of nitrogens with one attached hydrogen (secondary N) is 1. The largest absolute Gasteiger partial charge is 0.497 e. The minimum Gasteiger partial charge on any atom is -0.497 e. The number of anilines is 2. The van der Waals surface area contributed by atoms with Crippen molar-refractivity contribution >= 4 is 34.2 Å². The van der Waals surface area contributed by atoms with E-state index in [1.54, 1.807) is 65.6 Å². The average molecular weight is 498 g/mol. The lowest BCUT2D eigenvalue weighted by molar-refractivity contribution is -0.122. The molecular formula is C28H22N2O7. The van der Waals surface area contributed by atoms with Gasteiger partial charge in [0.15, 0.2) is 16.9 Å². The van der Waals surface area contributed by atoms with Crippen LogP contribution in [0.25, 0.3) is 22.3 Å². The predicted octanol–water partition coefficient (Wildman–Crippen LogP) is 4.19. The molecule has 37 heavy (non-hydrogen) atoms. The summed E-state index contributed by atoms with van der Waals surface area (Å²) in [7, 11) is 1.54. The number of fused-ring (bicyclic) bond motifs is 2. The topological polar surface area (TPSA) is 107 Å². The van der Waals surface area contributed by atoms with Gasteiger partial charge in [0.1, 0.15) is 17.1 Å². The lowest BCUT2D eigenvalue weighted by Gasteiger charge is -2.17. The van der Waals surface area contributed by atoms with Crippen molar-refractivity contribution < 1.29 is 28.2 Å². The van der Waals surface area contributed by atoms with E-state index in [2.05, 4.69) is 5.32 Å². The number of carbonyl (C=O) groups is 2. The van der Waals surface area contributed by atoms with Crippen LogP contribution in [0.5, 0.6) is 17.2 Å². The van der Waals surface area contributed by atoms with Crippen LogP contribution in [-0.4, -0.2) is 32.3 Å². The van der Waals surface area contributed by atoms with Gasteiger partial charge in [-0.1, -0.05) is 0 Å². The highest BCUT2D eigenvalue weighted by atomic mass is 16.7. The second-order valence-electron chi connectivity index (χ2n) is 8.85. The molecule has 6 rings (SSSR count). The number of hydrogen-bond acceptors (Lipinski definition) is 7. The maximum atomic E-state index is 12.9. The predicted molar refractivity (Wildman–Crippen MR) is 136 cm³/mol. The molecule has 186 valence electrons. The fourth-order valence-electron chi connectivity index (χ4n) is 4.55. The Kier molecular flexibility index (Phi) is 5.52. The molecule has 1 saturated heterocycles. The zero-order valence-corrected chi connectivity index (χ0v) is 19.9. The van der Waals surface area contributed by atoms with Gasteiger partial charge in [-0.3, -0.25) is 14.4 Å². The summed E-state index contributed by atoms with van der Waals surface area (Å²) in [5.41, 5.74) is 2.22. The molecule has 3 heterocycles. The third kappa shape index (κ3) is 4.24. The van der Waals surface area contributed by atoms with Crippen LogP contribution in [0.4, 0.5) is 11.4 Å². The van der Waals surface area contributed by atoms with Crippen molar-refractivity contribution in [3.63, 3.8) is 0 Å². The highest BCUT2D eigenvalue weighted by Gasteiger charge is 2.35. The van der Waals surface area contributed by atoms with Gasteiger partial charge in [0.2, 0.25) is 18.6 Å². The van der Waals surface area contributed by atoms with Gasteiger partial charge in [-0.15, -0.1) is 0 Å². The monoisotopic (exact) mass is 498 g/mol. The van der Waals surface area contributed by atoms with Crippen LogP contribution in [0.2, 0.25) is 0 Å². The Balaban J connectivity index is 1.15. The molecule has 0 radical (unpaired) electrons. The molecule has 0 saturated carbocycles. The fraction of sp³-hybridized carbons (Fsp3) is 0.179. The Labute approximate surface area is 211 Å². The molecular weight excluding hydrogens is 476 g/mol. The Morgan fingerprint density at radius 3 is 2.59 bits per heavy atom. The van der Waals surface area contributed by atoms with Crippen LogP contribution in [0.3, 0.4) is 0 Å². The minimum atomic E-state index is -0.492. The normalized spacial score (nSPS) is 16.3. The van der Waals surface area contributed by atoms with Crippen LogP contribution in [-0.2, 0) is 9.59 Å². The second-order valence-corrected chi connectivity index (χ2v) is 8.85. The van der Waals surface area contributed by atoms with Gasteiger partial charge in [-0.05, 0) is 54.6 Å². The van der Waals surface area contributed by atoms with Gasteiger partial charge in [0, 0.05) is 42.0 Å². The molecule has 2 aliphatic heterocycles. The first-order valence-electron chi connectivity index (χ1n) is 11.7. The molecule has 1 N–H and O–H groups in total. The number of benzene rings is 3. The summed E-state index contributed by atoms with van der Waals surface area (Å²) in [5.74, 6) is 1.36. The summed E-state index contributed by atoms with van der Waals surface area (Å²) in [6.45, 7) is 0.425. The maximum Gasteiger partial charge on any atom is 0.231 e. The SMILES string of the molecule is COc1ccc2oc(-c3ccc(NC(=O)C4CC(=O)N(c5ccc6c(c5)OCO6)C4)cc3)cc(=O)c2c1. The van der Waals surface area contributed by atoms with E-state index in [0.717, 1.165) is 0 Å². The van der Waals surface area contributed by atoms with E-state index in [0.29, 0.717) is 50.9 Å². The van der Waals surface area contributed by atoms with Crippen LogP contribution in [0.1, 0.15) is 6.42 Å². The molecule has 0 bridgehead atoms. The van der Waals surface area contributed by atoms with Crippen molar-refractivity contribution in [2.45, 2.75) is 6.42 Å². The van der Waals surface area contributed by atoms with Crippen molar-refractivity contribution in [1.29, 1.82) is 0 Å². The molecule has 1 unspecified atom stereocenters. The molecule has 1 aromatic heterocycles. The number of hydrogen-bond donors (Lipinski definition) is 1. The first-order chi connectivity index (χ1) is 18.0. The van der Waals surface area contributed by atoms with Crippen LogP contribution < -0.4 is 29.9 Å². The van der Waals surface area contributed by atoms with E-state index in [-0.39, 0.29) is 37.0 Å². The van der Waals surface area contributed by atoms with Crippen molar-refractivity contribution in [1.82, 2.24) is 0 Å². The van der Waals surface area contributed by atoms with Gasteiger partial charge in [0.05, 0.1) is 18.4 Å². The van der Waals surface area contributed by atoms with Crippen LogP contribution >= 0.6 is 0 Å². The molecule has 9 heteroatoms. The molecule has 0 spiro atoms. The third-order valence-electron chi connectivity index (χ3n) is 6.53. The van der Waals surface area contributed by atoms with Crippen molar-refractivity contribution in [3.05, 3.63) is 77.0 Å². The van der Waals surface area contributed by atoms with Crippen LogP contribution in [0.15, 0.2) is 75.9 Å². The molecule has 3 aromatic carbocycles. The molecule has 2 amide bonds. The number of ether oxygens (including phenoxy) is 3. The van der Waals surface area contributed by atoms with Gasteiger partial charge < -0.3 is 28.8 Å². The summed E-state index contributed by atoms with van der Waals surface area (Å²) in [4.78, 5) is 39.7. The lowest BCUT2D eigenvalue weighted by Crippen LogP contribution is -2.28. The Bertz CT molecular complexity index is 1590. The van der Waals surface area contributed by atoms with Gasteiger partial charge >= 0.3 is 0 Å². The number of carbonyl (C=O) groups excluding carboxylic acids is 2. The molecule has 9 nitrogen and oxygen atoms in total. The zero-order chi connectivity index (χ0) is 25.5. The maximum absolute atomic E-state index is 12.9. The van der Waals surface area contributed by atoms with E-state index in [9.17, 15) is 14.4 Å². The van der Waals surface area contributed by atoms with Gasteiger partial charge in [-0.25, -0.2) is 0 Å². The number of amides is 2. The number of methoxy groups -OCH3 is 1. The molecule has 2 aliphatic rings. The zero-order valence-electron chi connectivity index (χ0n) is 19.9. The van der Waals surface area contributed by atoms with Crippen molar-refractivity contribution in [2.75, 3.05) is 30.7 Å². The molecule has 0 aliphatic carbocycles. The first-order valence-corrected chi connectivity index (χ1v) is 11.7. The van der Waals surface area contributed by atoms with E-state index in [1.165, 1.54) is 13.2 Å². The van der Waals surface area contributed by atoms with Crippen LogP contribution in [0, 0.1) is 5.92 Å². The molecule has 1 fully saturated rings. The first kappa shape index (κ1) is 22.7. The number of rotatable bonds is 5. The van der Waals surface area contributed by atoms with E-state index >= 15 is 0 Å². The van der Waals surface area contributed by atoms with E-state index in [4.69, 9.17) is 18.6 Å². The summed E-state index contributed by atoms with van der Waals surface area (Å²) in [5, 5.41) is 3.32. The quantitative estimate of drug-likeness (QED) is 0.440. The highest BCUT2D eigenvalue weighted by Crippen LogP contribution is 2.37. The smallest absolute Gasteiger partial charge is 0.231 e. The number of nitrogens with zero attached hydrogens (tertiary/aromatic N) is 1. The van der Waals surface area contributed by atoms with Gasteiger partial charge in [0.25, 0.3) is 0 Å². The average Bonchev–Trinajstić information content (AvgIpc) is 3.55. The molecule has 4 aromatic rings. The second kappa shape index (κ2) is 9.02. The minimum absolute atomic E-state index is 0.116. The summed E-state index contributed by atoms with van der Waals surface area (Å²) >= 11 is 0. The summed E-state index contributed by atoms with van der Waals surface area (Å²) in [6, 6.07) is 18.8. The summed E-state index contributed by atoms with van der Waals surface area (Å²) < 4.78 is 21.8. The van der Waals surface area contributed by atoms with Gasteiger partial charge in [-0.2, -0.15) is 0 Å². The van der Waals surface area contributed by atoms with E-state index in [1.807, 2.05) is 0 Å². The Morgan fingerprint density at radius 2 is 1.78 bits per heavy atom. The lowest BCUT2D eigenvalue weighted by atomic mass is 10.1. The van der Waals surface area contributed by atoms with Crippen molar-refractivity contribution in [2.24, 2.45) is 5.92 Å². The Hall–Kier alpha value is -4.79. The van der Waals surface area contributed by atoms with E-state index < -0.39 is 5.92 Å². The fourth-order valence-corrected chi connectivity index (χ4v) is 4.55. The Morgan fingerprint density at radius 1 is 0.973 bits per heavy atom. The highest BCUT2D eigenvalue weighted by molar-refractivity contribution is 6.03. The standard InChI is InChI=1S/C28H22N2O7/c1-34-20-7-9-23-21(12-20)22(31)13-25(37-23)16-2-4-18(5-3-16)29-28(33)17-10-27(32)30(14-17)19-6-8-24-26(11-19)36-15-35-24/h2-9,11-13,17H,10,14-15H2,1H3,(H,29,33). The van der Waals surface area contributed by atoms with Crippen molar-refractivity contribution in [3.8, 4) is 28.6 Å². The third-order valence-corrected chi connectivity index (χ3v) is 6.53. The summed E-state index contributed by atoms with van der Waals surface area (Å²) in [6.07, 6.45) is 0.116. The molecule has 1 atom stereocenters.